The van der Waals surface area contributed by atoms with Crippen LogP contribution in [0.2, 0.25) is 0 Å². The van der Waals surface area contributed by atoms with Crippen LogP contribution >= 0.6 is 0 Å². The zero-order valence-electron chi connectivity index (χ0n) is 14.6. The van der Waals surface area contributed by atoms with E-state index in [0.717, 1.165) is 59.1 Å². The number of hydrogen-bond acceptors (Lipinski definition) is 5. The van der Waals surface area contributed by atoms with Crippen LogP contribution in [0.15, 0.2) is 36.1 Å². The van der Waals surface area contributed by atoms with Gasteiger partial charge in [-0.3, -0.25) is 10.0 Å². The van der Waals surface area contributed by atoms with Crippen molar-refractivity contribution in [2.75, 3.05) is 6.54 Å². The van der Waals surface area contributed by atoms with Crippen LogP contribution in [0.4, 0.5) is 0 Å². The largest absolute Gasteiger partial charge is 0.363 e. The molecule has 1 fully saturated rings. The van der Waals surface area contributed by atoms with Gasteiger partial charge in [-0.1, -0.05) is 12.5 Å². The highest BCUT2D eigenvalue weighted by Crippen LogP contribution is 2.45. The SMILES string of the molecule is C#Cc1ccc2c(c1)C(=C)N1CCC[C@@H]1c1c(C3N=C(C)NO3)ncn1-2. The Hall–Kier alpha value is -3.04. The number of amidine groups is 1. The molecular weight excluding hydrogens is 326 g/mol. The second-order valence-corrected chi connectivity index (χ2v) is 6.85. The lowest BCUT2D eigenvalue weighted by Crippen LogP contribution is -2.22. The standard InChI is InChI=1S/C20H19N5O/c1-4-14-7-8-16-15(10-14)12(2)24-9-5-6-17(24)19-18(21-11-25(16)19)20-22-13(3)23-26-20/h1,7-8,10-11,17,20H,2,5-6,9H2,3H3,(H,22,23)/t17-,20?/m1/s1. The Morgan fingerprint density at radius 2 is 2.31 bits per heavy atom. The number of benzene rings is 1. The Kier molecular flexibility index (Phi) is 3.21. The average molecular weight is 345 g/mol. The monoisotopic (exact) mass is 345 g/mol. The number of rotatable bonds is 1. The average Bonchev–Trinajstić information content (AvgIpc) is 3.37. The zero-order chi connectivity index (χ0) is 17.8. The molecule has 0 radical (unpaired) electrons. The fourth-order valence-corrected chi connectivity index (χ4v) is 4.17. The second kappa shape index (κ2) is 5.48. The number of aromatic nitrogens is 2. The Morgan fingerprint density at radius 1 is 1.42 bits per heavy atom. The quantitative estimate of drug-likeness (QED) is 0.808. The number of nitrogens with zero attached hydrogens (tertiary/aromatic N) is 4. The van der Waals surface area contributed by atoms with Gasteiger partial charge in [-0.15, -0.1) is 6.42 Å². The normalized spacial score (nSPS) is 23.5. The van der Waals surface area contributed by atoms with Crippen LogP contribution in [0.25, 0.3) is 11.4 Å². The van der Waals surface area contributed by atoms with E-state index < -0.39 is 6.23 Å². The van der Waals surface area contributed by atoms with Crippen LogP contribution < -0.4 is 5.48 Å². The van der Waals surface area contributed by atoms with Gasteiger partial charge < -0.3 is 4.90 Å². The van der Waals surface area contributed by atoms with E-state index in [1.165, 1.54) is 0 Å². The van der Waals surface area contributed by atoms with Gasteiger partial charge in [-0.25, -0.2) is 14.8 Å². The van der Waals surface area contributed by atoms with Crippen LogP contribution in [0.1, 0.15) is 54.5 Å². The van der Waals surface area contributed by atoms with E-state index in [9.17, 15) is 0 Å². The Morgan fingerprint density at radius 3 is 3.08 bits per heavy atom. The Balaban J connectivity index is 1.75. The molecule has 2 aromatic rings. The van der Waals surface area contributed by atoms with Crippen molar-refractivity contribution >= 4 is 11.5 Å². The Labute approximate surface area is 152 Å². The van der Waals surface area contributed by atoms with Gasteiger partial charge >= 0.3 is 0 Å². The first-order valence-electron chi connectivity index (χ1n) is 8.77. The first-order valence-corrected chi connectivity index (χ1v) is 8.77. The summed E-state index contributed by atoms with van der Waals surface area (Å²) in [5.74, 6) is 3.49. The summed E-state index contributed by atoms with van der Waals surface area (Å²) < 4.78 is 2.15. The molecule has 6 heteroatoms. The minimum absolute atomic E-state index is 0.210. The van der Waals surface area contributed by atoms with Gasteiger partial charge in [0.25, 0.3) is 0 Å². The van der Waals surface area contributed by atoms with E-state index in [4.69, 9.17) is 11.3 Å². The minimum atomic E-state index is -0.423. The van der Waals surface area contributed by atoms with Crippen LogP contribution in [0.3, 0.4) is 0 Å². The van der Waals surface area contributed by atoms with E-state index in [0.29, 0.717) is 0 Å². The van der Waals surface area contributed by atoms with Gasteiger partial charge in [0.15, 0.2) is 0 Å². The third kappa shape index (κ3) is 2.04. The number of fused-ring (bicyclic) bond motifs is 5. The minimum Gasteiger partial charge on any atom is -0.363 e. The van der Waals surface area contributed by atoms with Crippen molar-refractivity contribution in [1.29, 1.82) is 0 Å². The summed E-state index contributed by atoms with van der Waals surface area (Å²) in [5, 5.41) is 0. The number of hydrogen-bond donors (Lipinski definition) is 1. The van der Waals surface area contributed by atoms with E-state index in [2.05, 4.69) is 43.5 Å². The first kappa shape index (κ1) is 15.2. The van der Waals surface area contributed by atoms with E-state index in [-0.39, 0.29) is 6.04 Å². The highest BCUT2D eigenvalue weighted by Gasteiger charge is 2.38. The molecule has 5 rings (SSSR count). The maximum atomic E-state index is 5.62. The summed E-state index contributed by atoms with van der Waals surface area (Å²) in [6, 6.07) is 6.26. The summed E-state index contributed by atoms with van der Waals surface area (Å²) >= 11 is 0. The molecule has 1 unspecified atom stereocenters. The van der Waals surface area contributed by atoms with Crippen LogP contribution in [0.5, 0.6) is 0 Å². The van der Waals surface area contributed by atoms with Gasteiger partial charge in [-0.2, -0.15) is 0 Å². The number of nitrogens with one attached hydrogen (secondary N) is 1. The third-order valence-corrected chi connectivity index (χ3v) is 5.35. The summed E-state index contributed by atoms with van der Waals surface area (Å²) in [6.07, 6.45) is 9.22. The third-order valence-electron chi connectivity index (χ3n) is 5.35. The predicted molar refractivity (Wildman–Crippen MR) is 99.3 cm³/mol. The molecule has 2 atom stereocenters. The zero-order valence-corrected chi connectivity index (χ0v) is 14.6. The van der Waals surface area contributed by atoms with Crippen molar-refractivity contribution in [1.82, 2.24) is 19.9 Å². The number of imidazole rings is 1. The van der Waals surface area contributed by atoms with Crippen molar-refractivity contribution in [3.8, 4) is 18.0 Å². The molecule has 1 aromatic carbocycles. The van der Waals surface area contributed by atoms with Gasteiger partial charge in [-0.05, 0) is 38.0 Å². The summed E-state index contributed by atoms with van der Waals surface area (Å²) in [6.45, 7) is 7.24. The molecule has 0 amide bonds. The van der Waals surface area contributed by atoms with Gasteiger partial charge in [0.05, 0.1) is 17.4 Å². The summed E-state index contributed by atoms with van der Waals surface area (Å²) in [4.78, 5) is 17.2. The summed E-state index contributed by atoms with van der Waals surface area (Å²) in [5.41, 5.74) is 8.78. The smallest absolute Gasteiger partial charge is 0.220 e. The molecule has 0 aliphatic carbocycles. The van der Waals surface area contributed by atoms with Crippen molar-refractivity contribution in [2.45, 2.75) is 32.0 Å². The molecule has 0 bridgehead atoms. The lowest BCUT2D eigenvalue weighted by atomic mass is 10.1. The first-order chi connectivity index (χ1) is 12.7. The van der Waals surface area contributed by atoms with E-state index in [1.54, 1.807) is 0 Å². The maximum Gasteiger partial charge on any atom is 0.220 e. The van der Waals surface area contributed by atoms with Crippen LogP contribution in [-0.2, 0) is 4.84 Å². The molecule has 3 aliphatic heterocycles. The predicted octanol–water partition coefficient (Wildman–Crippen LogP) is 2.93. The van der Waals surface area contributed by atoms with E-state index in [1.807, 2.05) is 25.4 Å². The maximum absolute atomic E-state index is 5.62. The highest BCUT2D eigenvalue weighted by molar-refractivity contribution is 5.79. The van der Waals surface area contributed by atoms with Crippen LogP contribution in [-0.4, -0.2) is 26.8 Å². The van der Waals surface area contributed by atoms with Crippen molar-refractivity contribution in [3.63, 3.8) is 0 Å². The van der Waals surface area contributed by atoms with Crippen molar-refractivity contribution < 1.29 is 4.84 Å². The molecule has 0 saturated carbocycles. The number of aliphatic imine (C=N–C) groups is 1. The van der Waals surface area contributed by atoms with Gasteiger partial charge in [0.1, 0.15) is 17.9 Å². The number of hydroxylamine groups is 1. The van der Waals surface area contributed by atoms with E-state index >= 15 is 0 Å². The highest BCUT2D eigenvalue weighted by atomic mass is 16.7. The Bertz CT molecular complexity index is 996. The van der Waals surface area contributed by atoms with Gasteiger partial charge in [0.2, 0.25) is 6.23 Å². The van der Waals surface area contributed by atoms with Gasteiger partial charge in [0, 0.05) is 23.4 Å². The lowest BCUT2D eigenvalue weighted by Gasteiger charge is -2.27. The lowest BCUT2D eigenvalue weighted by molar-refractivity contribution is 0.0338. The fraction of sp³-hybridized carbons (Fsp3) is 0.300. The molecule has 130 valence electrons. The van der Waals surface area contributed by atoms with Crippen molar-refractivity contribution in [3.05, 3.63) is 53.6 Å². The molecular formula is C20H19N5O. The molecule has 1 aromatic heterocycles. The number of terminal acetylenes is 1. The second-order valence-electron chi connectivity index (χ2n) is 6.85. The molecule has 1 N–H and O–H groups in total. The molecule has 1 saturated heterocycles. The molecule has 26 heavy (non-hydrogen) atoms. The fourth-order valence-electron chi connectivity index (χ4n) is 4.17. The van der Waals surface area contributed by atoms with Crippen molar-refractivity contribution in [2.24, 2.45) is 4.99 Å². The summed E-state index contributed by atoms with van der Waals surface area (Å²) in [7, 11) is 0. The van der Waals surface area contributed by atoms with Crippen LogP contribution in [0, 0.1) is 12.3 Å². The molecule has 6 nitrogen and oxygen atoms in total. The molecule has 4 heterocycles. The molecule has 3 aliphatic rings. The molecule has 0 spiro atoms. The topological polar surface area (TPSA) is 54.7 Å².